The van der Waals surface area contributed by atoms with E-state index in [1.807, 2.05) is 50.5 Å². The Morgan fingerprint density at radius 2 is 1.83 bits per heavy atom. The van der Waals surface area contributed by atoms with Crippen molar-refractivity contribution in [2.45, 2.75) is 52.2 Å². The van der Waals surface area contributed by atoms with E-state index in [0.29, 0.717) is 29.3 Å². The van der Waals surface area contributed by atoms with Crippen LogP contribution in [-0.4, -0.2) is 41.1 Å². The molecular formula is C29H40N4O2. The highest BCUT2D eigenvalue weighted by molar-refractivity contribution is 5.79. The van der Waals surface area contributed by atoms with Gasteiger partial charge in [-0.1, -0.05) is 57.5 Å². The number of nitrogens with zero attached hydrogens (tertiary/aromatic N) is 3. The van der Waals surface area contributed by atoms with Crippen LogP contribution in [0.4, 0.5) is 0 Å². The molecule has 1 N–H and O–H groups in total. The Bertz CT molecular complexity index is 1170. The molecule has 0 aliphatic carbocycles. The predicted octanol–water partition coefficient (Wildman–Crippen LogP) is 5.09. The summed E-state index contributed by atoms with van der Waals surface area (Å²) in [4.78, 5) is 21.0. The van der Waals surface area contributed by atoms with Gasteiger partial charge in [-0.15, -0.1) is 0 Å². The molecule has 0 bridgehead atoms. The Morgan fingerprint density at radius 1 is 1.11 bits per heavy atom. The van der Waals surface area contributed by atoms with Crippen LogP contribution in [0.3, 0.4) is 0 Å². The van der Waals surface area contributed by atoms with Crippen molar-refractivity contribution >= 4 is 10.9 Å². The Balaban J connectivity index is 1.71. The number of aromatic nitrogens is 2. The third kappa shape index (κ3) is 5.76. The molecule has 6 nitrogen and oxygen atoms in total. The van der Waals surface area contributed by atoms with E-state index < -0.39 is 0 Å². The second-order valence-corrected chi connectivity index (χ2v) is 10.3. The maximum Gasteiger partial charge on any atom is 0.261 e. The van der Waals surface area contributed by atoms with Crippen LogP contribution < -0.4 is 15.6 Å². The summed E-state index contributed by atoms with van der Waals surface area (Å²) in [5.41, 5.74) is 1.82. The number of fused-ring (bicyclic) bond motifs is 1. The lowest BCUT2D eigenvalue weighted by Crippen LogP contribution is -2.43. The van der Waals surface area contributed by atoms with Gasteiger partial charge in [-0.2, -0.15) is 0 Å². The summed E-state index contributed by atoms with van der Waals surface area (Å²) in [6.07, 6.45) is 3.16. The summed E-state index contributed by atoms with van der Waals surface area (Å²) in [6, 6.07) is 16.0. The van der Waals surface area contributed by atoms with Gasteiger partial charge in [-0.3, -0.25) is 14.3 Å². The van der Waals surface area contributed by atoms with Crippen molar-refractivity contribution in [1.29, 1.82) is 0 Å². The third-order valence-corrected chi connectivity index (χ3v) is 7.12. The fourth-order valence-corrected chi connectivity index (χ4v) is 5.60. The van der Waals surface area contributed by atoms with Gasteiger partial charge >= 0.3 is 0 Å². The SMILES string of the molecule is CCC[C@@H](c1nc2cc(O[C@@H](CNC)c3ccccc3)ccc2c(=O)n1C)N1C[C@H](C)C[C@H](C)C1. The molecule has 188 valence electrons. The molecule has 0 saturated carbocycles. The van der Waals surface area contributed by atoms with Gasteiger partial charge in [0, 0.05) is 32.7 Å². The van der Waals surface area contributed by atoms with Crippen LogP contribution in [0.1, 0.15) is 63.6 Å². The lowest BCUT2D eigenvalue weighted by molar-refractivity contribution is 0.0841. The van der Waals surface area contributed by atoms with Crippen LogP contribution in [0.5, 0.6) is 5.75 Å². The quantitative estimate of drug-likeness (QED) is 0.466. The van der Waals surface area contributed by atoms with Gasteiger partial charge in [0.25, 0.3) is 5.56 Å². The van der Waals surface area contributed by atoms with E-state index in [2.05, 4.69) is 43.1 Å². The van der Waals surface area contributed by atoms with E-state index in [4.69, 9.17) is 9.72 Å². The molecule has 0 unspecified atom stereocenters. The van der Waals surface area contributed by atoms with Gasteiger partial charge in [0.2, 0.25) is 0 Å². The van der Waals surface area contributed by atoms with E-state index in [-0.39, 0.29) is 17.7 Å². The molecule has 1 aliphatic heterocycles. The van der Waals surface area contributed by atoms with Crippen molar-refractivity contribution in [3.63, 3.8) is 0 Å². The van der Waals surface area contributed by atoms with Crippen molar-refractivity contribution in [2.24, 2.45) is 18.9 Å². The standard InChI is InChI=1S/C29H40N4O2/c1-6-10-26(33-18-20(2)15-21(3)19-33)28-31-25-16-23(13-14-24(25)29(34)32(28)5)35-27(17-30-4)22-11-8-7-9-12-22/h7-9,11-14,16,20-21,26-27,30H,6,10,15,17-19H2,1-5H3/t20-,21+,26-,27-/m0/s1. The average Bonchev–Trinajstić information content (AvgIpc) is 2.84. The third-order valence-electron chi connectivity index (χ3n) is 7.12. The minimum atomic E-state index is -0.131. The van der Waals surface area contributed by atoms with Crippen LogP contribution in [0.25, 0.3) is 10.9 Å². The molecule has 0 spiro atoms. The number of ether oxygens (including phenoxy) is 1. The molecule has 4 atom stereocenters. The summed E-state index contributed by atoms with van der Waals surface area (Å²) < 4.78 is 8.15. The normalized spacial score (nSPS) is 20.6. The Labute approximate surface area is 209 Å². The zero-order chi connectivity index (χ0) is 24.9. The van der Waals surface area contributed by atoms with Gasteiger partial charge in [-0.05, 0) is 49.4 Å². The summed E-state index contributed by atoms with van der Waals surface area (Å²) in [5.74, 6) is 2.88. The van der Waals surface area contributed by atoms with Crippen molar-refractivity contribution in [2.75, 3.05) is 26.7 Å². The summed E-state index contributed by atoms with van der Waals surface area (Å²) in [6.45, 7) is 9.65. The second-order valence-electron chi connectivity index (χ2n) is 10.3. The van der Waals surface area contributed by atoms with E-state index in [9.17, 15) is 4.79 Å². The predicted molar refractivity (Wildman–Crippen MR) is 143 cm³/mol. The number of hydrogen-bond donors (Lipinski definition) is 1. The first-order chi connectivity index (χ1) is 16.9. The van der Waals surface area contributed by atoms with E-state index in [1.165, 1.54) is 6.42 Å². The monoisotopic (exact) mass is 476 g/mol. The number of likely N-dealkylation sites (tertiary alicyclic amines) is 1. The zero-order valence-electron chi connectivity index (χ0n) is 21.8. The summed E-state index contributed by atoms with van der Waals surface area (Å²) in [7, 11) is 3.79. The van der Waals surface area contributed by atoms with Crippen LogP contribution in [-0.2, 0) is 7.05 Å². The molecule has 6 heteroatoms. The molecule has 1 fully saturated rings. The molecule has 2 heterocycles. The largest absolute Gasteiger partial charge is 0.484 e. The highest BCUT2D eigenvalue weighted by atomic mass is 16.5. The number of benzene rings is 2. The first-order valence-corrected chi connectivity index (χ1v) is 13.0. The Kier molecular flexibility index (Phi) is 8.24. The van der Waals surface area contributed by atoms with E-state index in [0.717, 1.165) is 43.1 Å². The van der Waals surface area contributed by atoms with Gasteiger partial charge in [0.05, 0.1) is 16.9 Å². The summed E-state index contributed by atoms with van der Waals surface area (Å²) in [5, 5.41) is 3.85. The second kappa shape index (κ2) is 11.4. The molecule has 2 aromatic carbocycles. The molecule has 1 aromatic heterocycles. The van der Waals surface area contributed by atoms with Crippen molar-refractivity contribution in [3.8, 4) is 5.75 Å². The number of piperidine rings is 1. The maximum atomic E-state index is 13.4. The number of hydrogen-bond acceptors (Lipinski definition) is 5. The molecular weight excluding hydrogens is 436 g/mol. The van der Waals surface area contributed by atoms with Gasteiger partial charge in [-0.25, -0.2) is 4.98 Å². The minimum Gasteiger partial charge on any atom is -0.484 e. The minimum absolute atomic E-state index is 0.00518. The molecule has 35 heavy (non-hydrogen) atoms. The fraction of sp³-hybridized carbons (Fsp3) is 0.517. The molecule has 0 radical (unpaired) electrons. The van der Waals surface area contributed by atoms with Gasteiger partial charge < -0.3 is 10.1 Å². The smallest absolute Gasteiger partial charge is 0.261 e. The zero-order valence-corrected chi connectivity index (χ0v) is 21.8. The van der Waals surface area contributed by atoms with E-state index >= 15 is 0 Å². The van der Waals surface area contributed by atoms with Crippen LogP contribution in [0, 0.1) is 11.8 Å². The van der Waals surface area contributed by atoms with Crippen LogP contribution in [0.2, 0.25) is 0 Å². The Hall–Kier alpha value is -2.70. The molecule has 1 aliphatic rings. The number of likely N-dealkylation sites (N-methyl/N-ethyl adjacent to an activating group) is 1. The first-order valence-electron chi connectivity index (χ1n) is 13.0. The van der Waals surface area contributed by atoms with E-state index in [1.54, 1.807) is 4.57 Å². The molecule has 0 amide bonds. The average molecular weight is 477 g/mol. The molecule has 1 saturated heterocycles. The van der Waals surface area contributed by atoms with Gasteiger partial charge in [0.15, 0.2) is 0 Å². The number of nitrogens with one attached hydrogen (secondary N) is 1. The number of rotatable bonds is 9. The van der Waals surface area contributed by atoms with Crippen LogP contribution >= 0.6 is 0 Å². The van der Waals surface area contributed by atoms with Crippen LogP contribution in [0.15, 0.2) is 53.3 Å². The first kappa shape index (κ1) is 25.4. The van der Waals surface area contributed by atoms with Crippen molar-refractivity contribution < 1.29 is 4.74 Å². The van der Waals surface area contributed by atoms with Crippen molar-refractivity contribution in [1.82, 2.24) is 19.8 Å². The Morgan fingerprint density at radius 3 is 2.49 bits per heavy atom. The molecule has 4 rings (SSSR count). The van der Waals surface area contributed by atoms with Crippen molar-refractivity contribution in [3.05, 3.63) is 70.3 Å². The highest BCUT2D eigenvalue weighted by Gasteiger charge is 2.30. The molecule has 3 aromatic rings. The fourth-order valence-electron chi connectivity index (χ4n) is 5.60. The highest BCUT2D eigenvalue weighted by Crippen LogP contribution is 2.32. The maximum absolute atomic E-state index is 13.4. The topological polar surface area (TPSA) is 59.4 Å². The van der Waals surface area contributed by atoms with Gasteiger partial charge in [0.1, 0.15) is 17.7 Å². The lowest BCUT2D eigenvalue weighted by atomic mass is 9.90. The lowest BCUT2D eigenvalue weighted by Gasteiger charge is -2.40. The summed E-state index contributed by atoms with van der Waals surface area (Å²) >= 11 is 0.